The van der Waals surface area contributed by atoms with Gasteiger partial charge >= 0.3 is 0 Å². The zero-order valence-corrected chi connectivity index (χ0v) is 7.03. The summed E-state index contributed by atoms with van der Waals surface area (Å²) in [6, 6.07) is 0. The van der Waals surface area contributed by atoms with Crippen molar-refractivity contribution >= 4 is 0 Å². The van der Waals surface area contributed by atoms with Crippen LogP contribution in [-0.2, 0) is 0 Å². The van der Waals surface area contributed by atoms with Crippen molar-refractivity contribution in [3.05, 3.63) is 0 Å². The Morgan fingerprint density at radius 3 is 2.18 bits per heavy atom. The number of rotatable bonds is 1. The largest absolute Gasteiger partial charge is 0.325 e. The van der Waals surface area contributed by atoms with Crippen LogP contribution < -0.4 is 5.73 Å². The molecule has 66 valence electrons. The van der Waals surface area contributed by atoms with Gasteiger partial charge in [0.15, 0.2) is 0 Å². The maximum atomic E-state index is 12.7. The summed E-state index contributed by atoms with van der Waals surface area (Å²) in [5.41, 5.74) is 5.28. The summed E-state index contributed by atoms with van der Waals surface area (Å²) in [6.07, 6.45) is 0.547. The van der Waals surface area contributed by atoms with E-state index in [4.69, 9.17) is 5.73 Å². The maximum Gasteiger partial charge on any atom is 0.248 e. The summed E-state index contributed by atoms with van der Waals surface area (Å²) in [7, 11) is 0. The molecule has 1 fully saturated rings. The second-order valence-electron chi connectivity index (χ2n) is 4.12. The number of alkyl halides is 2. The average Bonchev–Trinajstić information content (AvgIpc) is 2.07. The molecule has 1 aliphatic rings. The Morgan fingerprint density at radius 2 is 2.00 bits per heavy atom. The highest BCUT2D eigenvalue weighted by atomic mass is 19.3. The van der Waals surface area contributed by atoms with Crippen LogP contribution in [0, 0.1) is 5.92 Å². The molecule has 0 amide bonds. The van der Waals surface area contributed by atoms with Crippen LogP contribution in [0.25, 0.3) is 0 Å². The molecule has 1 saturated carbocycles. The molecule has 0 radical (unpaired) electrons. The van der Waals surface area contributed by atoms with E-state index >= 15 is 0 Å². The summed E-state index contributed by atoms with van der Waals surface area (Å²) >= 11 is 0. The van der Waals surface area contributed by atoms with Crippen molar-refractivity contribution in [1.82, 2.24) is 0 Å². The van der Waals surface area contributed by atoms with E-state index in [1.807, 2.05) is 13.8 Å². The third-order valence-corrected chi connectivity index (χ3v) is 2.46. The van der Waals surface area contributed by atoms with Crippen LogP contribution in [0.15, 0.2) is 0 Å². The Hall–Kier alpha value is -0.180. The molecule has 0 aromatic heterocycles. The van der Waals surface area contributed by atoms with Crippen molar-refractivity contribution < 1.29 is 8.78 Å². The summed E-state index contributed by atoms with van der Waals surface area (Å²) < 4.78 is 25.3. The zero-order chi connectivity index (χ0) is 8.70. The van der Waals surface area contributed by atoms with Crippen molar-refractivity contribution in [3.63, 3.8) is 0 Å². The van der Waals surface area contributed by atoms with Crippen LogP contribution in [0.1, 0.15) is 33.1 Å². The zero-order valence-electron chi connectivity index (χ0n) is 7.03. The van der Waals surface area contributed by atoms with Gasteiger partial charge in [-0.1, -0.05) is 0 Å². The van der Waals surface area contributed by atoms with Crippen LogP contribution in [0.4, 0.5) is 8.78 Å². The topological polar surface area (TPSA) is 26.0 Å². The fourth-order valence-electron chi connectivity index (χ4n) is 1.59. The fraction of sp³-hybridized carbons (Fsp3) is 1.00. The highest BCUT2D eigenvalue weighted by Gasteiger charge is 2.43. The first-order valence-corrected chi connectivity index (χ1v) is 3.98. The van der Waals surface area contributed by atoms with Gasteiger partial charge in [0.25, 0.3) is 0 Å². The predicted octanol–water partition coefficient (Wildman–Crippen LogP) is 2.16. The SMILES string of the molecule is CC(C)(N)C1CCC(F)(F)C1. The maximum absolute atomic E-state index is 12.7. The first-order valence-electron chi connectivity index (χ1n) is 3.98. The Balaban J connectivity index is 2.55. The number of nitrogens with two attached hydrogens (primary N) is 1. The first kappa shape index (κ1) is 8.91. The molecule has 0 aromatic rings. The molecule has 0 aliphatic heterocycles. The van der Waals surface area contributed by atoms with Gasteiger partial charge in [-0.2, -0.15) is 0 Å². The van der Waals surface area contributed by atoms with Crippen LogP contribution >= 0.6 is 0 Å². The van der Waals surface area contributed by atoms with E-state index < -0.39 is 11.5 Å². The summed E-state index contributed by atoms with van der Waals surface area (Å²) in [4.78, 5) is 0. The van der Waals surface area contributed by atoms with Gasteiger partial charge in [0, 0.05) is 18.4 Å². The second-order valence-corrected chi connectivity index (χ2v) is 4.12. The number of halogens is 2. The summed E-state index contributed by atoms with van der Waals surface area (Å²) in [5.74, 6) is -2.47. The van der Waals surface area contributed by atoms with Gasteiger partial charge in [0.1, 0.15) is 0 Å². The van der Waals surface area contributed by atoms with Gasteiger partial charge in [-0.05, 0) is 26.2 Å². The standard InChI is InChI=1S/C8H15F2N/c1-7(2,11)6-3-4-8(9,10)5-6/h6H,3-5,11H2,1-2H3. The minimum absolute atomic E-state index is 0.0122. The number of hydrogen-bond acceptors (Lipinski definition) is 1. The molecule has 1 nitrogen and oxygen atoms in total. The van der Waals surface area contributed by atoms with Crippen LogP contribution in [0.3, 0.4) is 0 Å². The Bertz CT molecular complexity index is 149. The minimum Gasteiger partial charge on any atom is -0.325 e. The normalized spacial score (nSPS) is 30.8. The molecule has 1 aliphatic carbocycles. The summed E-state index contributed by atoms with van der Waals surface area (Å²) in [5, 5.41) is 0. The monoisotopic (exact) mass is 163 g/mol. The van der Waals surface area contributed by atoms with Gasteiger partial charge in [0.05, 0.1) is 0 Å². The molecule has 1 rings (SSSR count). The molecule has 2 N–H and O–H groups in total. The van der Waals surface area contributed by atoms with Gasteiger partial charge < -0.3 is 5.73 Å². The smallest absolute Gasteiger partial charge is 0.248 e. The van der Waals surface area contributed by atoms with Crippen molar-refractivity contribution in [2.75, 3.05) is 0 Å². The van der Waals surface area contributed by atoms with E-state index in [2.05, 4.69) is 0 Å². The lowest BCUT2D eigenvalue weighted by molar-refractivity contribution is 0.00193. The molecule has 0 aromatic carbocycles. The Morgan fingerprint density at radius 1 is 1.45 bits per heavy atom. The van der Waals surface area contributed by atoms with Crippen LogP contribution in [0.2, 0.25) is 0 Å². The molecular formula is C8H15F2N. The molecule has 0 saturated heterocycles. The molecule has 11 heavy (non-hydrogen) atoms. The predicted molar refractivity (Wildman–Crippen MR) is 40.6 cm³/mol. The van der Waals surface area contributed by atoms with Gasteiger partial charge in [-0.15, -0.1) is 0 Å². The molecule has 1 unspecified atom stereocenters. The van der Waals surface area contributed by atoms with Gasteiger partial charge in [0.2, 0.25) is 5.92 Å². The molecule has 1 atom stereocenters. The van der Waals surface area contributed by atoms with Gasteiger partial charge in [-0.25, -0.2) is 8.78 Å². The lowest BCUT2D eigenvalue weighted by atomic mass is 9.87. The van der Waals surface area contributed by atoms with Crippen LogP contribution in [0.5, 0.6) is 0 Å². The third kappa shape index (κ3) is 2.12. The molecular weight excluding hydrogens is 148 g/mol. The van der Waals surface area contributed by atoms with Crippen molar-refractivity contribution in [3.8, 4) is 0 Å². The third-order valence-electron chi connectivity index (χ3n) is 2.46. The van der Waals surface area contributed by atoms with E-state index in [1.54, 1.807) is 0 Å². The Labute approximate surface area is 66.0 Å². The molecule has 0 heterocycles. The lowest BCUT2D eigenvalue weighted by Crippen LogP contribution is -2.40. The van der Waals surface area contributed by atoms with Crippen molar-refractivity contribution in [2.24, 2.45) is 11.7 Å². The Kier molecular flexibility index (Phi) is 1.95. The fourth-order valence-corrected chi connectivity index (χ4v) is 1.59. The average molecular weight is 163 g/mol. The quantitative estimate of drug-likeness (QED) is 0.629. The summed E-state index contributed by atoms with van der Waals surface area (Å²) in [6.45, 7) is 3.64. The van der Waals surface area contributed by atoms with Crippen LogP contribution in [-0.4, -0.2) is 11.5 Å². The molecule has 0 spiro atoms. The minimum atomic E-state index is -2.46. The highest BCUT2D eigenvalue weighted by Crippen LogP contribution is 2.42. The molecule has 3 heteroatoms. The van der Waals surface area contributed by atoms with Crippen molar-refractivity contribution in [2.45, 2.75) is 44.6 Å². The number of hydrogen-bond donors (Lipinski definition) is 1. The van der Waals surface area contributed by atoms with E-state index in [0.717, 1.165) is 0 Å². The first-order chi connectivity index (χ1) is 4.81. The van der Waals surface area contributed by atoms with E-state index in [1.165, 1.54) is 0 Å². The highest BCUT2D eigenvalue weighted by molar-refractivity contribution is 4.92. The van der Waals surface area contributed by atoms with E-state index in [0.29, 0.717) is 6.42 Å². The lowest BCUT2D eigenvalue weighted by Gasteiger charge is -2.26. The second kappa shape index (κ2) is 2.41. The van der Waals surface area contributed by atoms with Gasteiger partial charge in [-0.3, -0.25) is 0 Å². The molecule has 0 bridgehead atoms. The van der Waals surface area contributed by atoms with Crippen molar-refractivity contribution in [1.29, 1.82) is 0 Å². The van der Waals surface area contributed by atoms with E-state index in [9.17, 15) is 8.78 Å². The van der Waals surface area contributed by atoms with E-state index in [-0.39, 0.29) is 18.8 Å².